The molecule has 0 unspecified atom stereocenters. The van der Waals surface area contributed by atoms with Gasteiger partial charge in [-0.3, -0.25) is 0 Å². The van der Waals surface area contributed by atoms with E-state index in [4.69, 9.17) is 15.0 Å². The van der Waals surface area contributed by atoms with Crippen molar-refractivity contribution in [1.29, 1.82) is 0 Å². The number of para-hydroxylation sites is 1. The molecule has 13 aromatic rings. The highest BCUT2D eigenvalue weighted by Gasteiger charge is 2.25. The zero-order valence-corrected chi connectivity index (χ0v) is 33.1. The van der Waals surface area contributed by atoms with Gasteiger partial charge in [0.1, 0.15) is 0 Å². The molecule has 0 saturated carbocycles. The van der Waals surface area contributed by atoms with Gasteiger partial charge >= 0.3 is 0 Å². The molecule has 274 valence electrons. The third-order valence-electron chi connectivity index (χ3n) is 11.8. The molecule has 0 radical (unpaired) electrons. The van der Waals surface area contributed by atoms with Crippen LogP contribution in [0.15, 0.2) is 182 Å². The van der Waals surface area contributed by atoms with Crippen molar-refractivity contribution in [3.05, 3.63) is 182 Å². The molecule has 4 nitrogen and oxygen atoms in total. The molecule has 4 heterocycles. The first-order valence-corrected chi connectivity index (χ1v) is 21.4. The van der Waals surface area contributed by atoms with E-state index in [0.717, 1.165) is 33.2 Å². The number of aromatic nitrogens is 4. The fourth-order valence-electron chi connectivity index (χ4n) is 9.33. The molecule has 0 N–H and O–H groups in total. The second-order valence-electron chi connectivity index (χ2n) is 15.1. The van der Waals surface area contributed by atoms with E-state index in [0.29, 0.717) is 17.5 Å². The second-order valence-corrected chi connectivity index (χ2v) is 17.2. The fourth-order valence-corrected chi connectivity index (χ4v) is 11.7. The Morgan fingerprint density at radius 3 is 1.61 bits per heavy atom. The maximum absolute atomic E-state index is 5.16. The molecule has 13 rings (SSSR count). The summed E-state index contributed by atoms with van der Waals surface area (Å²) in [6.07, 6.45) is 0. The van der Waals surface area contributed by atoms with Crippen LogP contribution in [0.25, 0.3) is 124 Å². The molecule has 0 bridgehead atoms. The molecule has 0 fully saturated rings. The Morgan fingerprint density at radius 2 is 0.898 bits per heavy atom. The van der Waals surface area contributed by atoms with Crippen LogP contribution in [0, 0.1) is 0 Å². The van der Waals surface area contributed by atoms with E-state index in [1.165, 1.54) is 72.9 Å². The average Bonchev–Trinajstić information content (AvgIpc) is 3.99. The molecule has 0 aliphatic rings. The molecule has 0 aliphatic heterocycles. The summed E-state index contributed by atoms with van der Waals surface area (Å²) in [7, 11) is 0. The highest BCUT2D eigenvalue weighted by Crippen LogP contribution is 2.52. The van der Waals surface area contributed by atoms with Crippen LogP contribution in [0.3, 0.4) is 0 Å². The van der Waals surface area contributed by atoms with Crippen molar-refractivity contribution >= 4 is 106 Å². The van der Waals surface area contributed by atoms with Crippen LogP contribution in [0.2, 0.25) is 0 Å². The topological polar surface area (TPSA) is 43.6 Å². The van der Waals surface area contributed by atoms with Gasteiger partial charge in [-0.15, -0.1) is 22.7 Å². The van der Waals surface area contributed by atoms with Crippen LogP contribution in [0.4, 0.5) is 0 Å². The van der Waals surface area contributed by atoms with Crippen molar-refractivity contribution in [3.63, 3.8) is 0 Å². The lowest BCUT2D eigenvalue weighted by Crippen LogP contribution is -2.01. The van der Waals surface area contributed by atoms with Crippen molar-refractivity contribution in [1.82, 2.24) is 19.5 Å². The van der Waals surface area contributed by atoms with Crippen LogP contribution in [-0.4, -0.2) is 19.5 Å². The Morgan fingerprint density at radius 1 is 0.339 bits per heavy atom. The molecule has 6 heteroatoms. The van der Waals surface area contributed by atoms with Gasteiger partial charge in [-0.05, 0) is 47.2 Å². The Labute approximate surface area is 345 Å². The zero-order valence-electron chi connectivity index (χ0n) is 31.4. The molecule has 0 spiro atoms. The summed E-state index contributed by atoms with van der Waals surface area (Å²) in [5.74, 6) is 1.95. The van der Waals surface area contributed by atoms with Crippen molar-refractivity contribution in [3.8, 4) is 39.9 Å². The van der Waals surface area contributed by atoms with Crippen LogP contribution < -0.4 is 0 Å². The number of nitrogens with zero attached hydrogens (tertiary/aromatic N) is 4. The third-order valence-corrected chi connectivity index (χ3v) is 14.1. The summed E-state index contributed by atoms with van der Waals surface area (Å²) in [5, 5.41) is 12.7. The number of rotatable bonds is 4. The minimum atomic E-state index is 0.646. The summed E-state index contributed by atoms with van der Waals surface area (Å²) in [5.41, 5.74) is 6.41. The molecule has 9 aromatic carbocycles. The van der Waals surface area contributed by atoms with Crippen LogP contribution >= 0.6 is 22.7 Å². The quantitative estimate of drug-likeness (QED) is 0.178. The fraction of sp³-hybridized carbons (Fsp3) is 0. The SMILES string of the molecule is c1ccc(-c2nc(-c3ccccc3)nc(-c3ccc(-n4c5ccccc5c5c6ccc7sc8ccccc8c7c6c6c7ccccc7sc6c54)c4ccccc34)n2)cc1. The first-order valence-electron chi connectivity index (χ1n) is 19.8. The van der Waals surface area contributed by atoms with Crippen molar-refractivity contribution in [2.75, 3.05) is 0 Å². The lowest BCUT2D eigenvalue weighted by atomic mass is 9.95. The monoisotopic (exact) mass is 786 g/mol. The third kappa shape index (κ3) is 4.79. The lowest BCUT2D eigenvalue weighted by molar-refractivity contribution is 1.08. The first-order chi connectivity index (χ1) is 29.3. The van der Waals surface area contributed by atoms with E-state index in [9.17, 15) is 0 Å². The van der Waals surface area contributed by atoms with E-state index in [2.05, 4.69) is 150 Å². The molecular formula is C53H30N4S2. The largest absolute Gasteiger partial charge is 0.307 e. The predicted molar refractivity (Wildman–Crippen MR) is 251 cm³/mol. The second kappa shape index (κ2) is 12.6. The van der Waals surface area contributed by atoms with E-state index in [1.807, 2.05) is 59.1 Å². The molecule has 59 heavy (non-hydrogen) atoms. The van der Waals surface area contributed by atoms with Crippen molar-refractivity contribution in [2.24, 2.45) is 0 Å². The van der Waals surface area contributed by atoms with Crippen LogP contribution in [0.5, 0.6) is 0 Å². The van der Waals surface area contributed by atoms with Crippen molar-refractivity contribution < 1.29 is 0 Å². The van der Waals surface area contributed by atoms with E-state index in [1.54, 1.807) is 0 Å². The lowest BCUT2D eigenvalue weighted by Gasteiger charge is -2.16. The van der Waals surface area contributed by atoms with E-state index >= 15 is 0 Å². The van der Waals surface area contributed by atoms with Crippen LogP contribution in [0.1, 0.15) is 0 Å². The van der Waals surface area contributed by atoms with Crippen LogP contribution in [-0.2, 0) is 0 Å². The molecule has 0 amide bonds. The van der Waals surface area contributed by atoms with Gasteiger partial charge in [-0.25, -0.2) is 15.0 Å². The summed E-state index contributed by atoms with van der Waals surface area (Å²) < 4.78 is 7.77. The predicted octanol–water partition coefficient (Wildman–Crippen LogP) is 15.0. The Bertz CT molecular complexity index is 3790. The van der Waals surface area contributed by atoms with Gasteiger partial charge in [0.15, 0.2) is 17.5 Å². The van der Waals surface area contributed by atoms with Gasteiger partial charge in [0.05, 0.1) is 21.4 Å². The summed E-state index contributed by atoms with van der Waals surface area (Å²) in [6, 6.07) is 65.1. The summed E-state index contributed by atoms with van der Waals surface area (Å²) >= 11 is 3.79. The molecule has 0 aliphatic carbocycles. The summed E-state index contributed by atoms with van der Waals surface area (Å²) in [6.45, 7) is 0. The number of thiophene rings is 2. The highest BCUT2D eigenvalue weighted by molar-refractivity contribution is 7.27. The highest BCUT2D eigenvalue weighted by atomic mass is 32.1. The Balaban J connectivity index is 1.15. The Kier molecular flexibility index (Phi) is 7.02. The normalized spacial score (nSPS) is 12.1. The van der Waals surface area contributed by atoms with E-state index in [-0.39, 0.29) is 0 Å². The van der Waals surface area contributed by atoms with Gasteiger partial charge in [0.2, 0.25) is 0 Å². The maximum Gasteiger partial charge on any atom is 0.164 e. The average molecular weight is 787 g/mol. The minimum Gasteiger partial charge on any atom is -0.307 e. The number of hydrogen-bond acceptors (Lipinski definition) is 5. The molecule has 0 atom stereocenters. The smallest absolute Gasteiger partial charge is 0.164 e. The Hall–Kier alpha value is -7.25. The molecule has 0 saturated heterocycles. The molecular weight excluding hydrogens is 757 g/mol. The number of hydrogen-bond donors (Lipinski definition) is 0. The number of benzene rings is 9. The molecule has 4 aromatic heterocycles. The maximum atomic E-state index is 5.16. The van der Waals surface area contributed by atoms with Gasteiger partial charge in [0.25, 0.3) is 0 Å². The summed E-state index contributed by atoms with van der Waals surface area (Å²) in [4.78, 5) is 15.3. The first kappa shape index (κ1) is 32.8. The van der Waals surface area contributed by atoms with Gasteiger partial charge in [-0.1, -0.05) is 146 Å². The van der Waals surface area contributed by atoms with Crippen molar-refractivity contribution in [2.45, 2.75) is 0 Å². The number of fused-ring (bicyclic) bond motifs is 15. The zero-order chi connectivity index (χ0) is 38.6. The van der Waals surface area contributed by atoms with Gasteiger partial charge in [0, 0.05) is 73.9 Å². The van der Waals surface area contributed by atoms with Gasteiger partial charge in [-0.2, -0.15) is 0 Å². The standard InChI is InChI=1S/C53H30N4S2/c1-3-15-31(16-4-1)51-54-52(32-17-5-2-6-18-32)56-53(55-51)35-27-29-41(34-20-8-7-19-33(34)35)57-40-24-12-9-21-36(40)45-39-28-30-44-46(37-22-10-13-25-42(37)58-44)47(39)48-38-23-11-14-26-43(38)59-50(48)49(45)57/h1-30H. The van der Waals surface area contributed by atoms with Gasteiger partial charge < -0.3 is 4.57 Å². The minimum absolute atomic E-state index is 0.646. The van der Waals surface area contributed by atoms with E-state index < -0.39 is 0 Å².